The van der Waals surface area contributed by atoms with Gasteiger partial charge in [-0.25, -0.2) is 12.7 Å². The molecule has 1 fully saturated rings. The lowest BCUT2D eigenvalue weighted by Crippen LogP contribution is -2.37. The quantitative estimate of drug-likeness (QED) is 0.804. The van der Waals surface area contributed by atoms with Gasteiger partial charge in [-0.05, 0) is 12.8 Å². The summed E-state index contributed by atoms with van der Waals surface area (Å²) in [5.41, 5.74) is 0.0311. The second-order valence-electron chi connectivity index (χ2n) is 5.00. The Morgan fingerprint density at radius 3 is 2.48 bits per heavy atom. The van der Waals surface area contributed by atoms with Gasteiger partial charge >= 0.3 is 5.97 Å². The minimum absolute atomic E-state index is 0.0311. The monoisotopic (exact) mass is 316 g/mol. The number of amides is 1. The van der Waals surface area contributed by atoms with Gasteiger partial charge in [-0.15, -0.1) is 0 Å². The highest BCUT2D eigenvalue weighted by atomic mass is 32.2. The van der Waals surface area contributed by atoms with Crippen LogP contribution in [-0.2, 0) is 14.8 Å². The Balaban J connectivity index is 2.24. The van der Waals surface area contributed by atoms with E-state index in [4.69, 9.17) is 9.52 Å². The number of furan rings is 1. The number of carboxylic acids is 1. The maximum Gasteiger partial charge on any atom is 0.323 e. The molecule has 8 nitrogen and oxygen atoms in total. The fourth-order valence-corrected chi connectivity index (χ4v) is 2.61. The van der Waals surface area contributed by atoms with Gasteiger partial charge in [0, 0.05) is 26.2 Å². The molecule has 0 saturated heterocycles. The molecule has 2 rings (SSSR count). The SMILES string of the molecule is CN(C)S(=O)(=O)c1cc(C(=O)N(CC(=O)O)C2CC2)co1. The molecule has 1 aliphatic rings. The molecule has 1 N–H and O–H groups in total. The van der Waals surface area contributed by atoms with Crippen LogP contribution in [0, 0.1) is 0 Å². The number of nitrogens with zero attached hydrogens (tertiary/aromatic N) is 2. The number of hydrogen-bond acceptors (Lipinski definition) is 5. The Bertz CT molecular complexity index is 659. The van der Waals surface area contributed by atoms with Gasteiger partial charge < -0.3 is 14.4 Å². The molecule has 0 radical (unpaired) electrons. The van der Waals surface area contributed by atoms with Crippen molar-refractivity contribution in [3.63, 3.8) is 0 Å². The molecule has 21 heavy (non-hydrogen) atoms. The van der Waals surface area contributed by atoms with Crippen molar-refractivity contribution in [2.45, 2.75) is 24.0 Å². The topological polar surface area (TPSA) is 108 Å². The number of carboxylic acid groups (broad SMARTS) is 1. The van der Waals surface area contributed by atoms with Crippen LogP contribution >= 0.6 is 0 Å². The maximum atomic E-state index is 12.3. The first-order valence-corrected chi connectivity index (χ1v) is 7.71. The minimum atomic E-state index is -3.76. The Labute approximate surface area is 122 Å². The highest BCUT2D eigenvalue weighted by Gasteiger charge is 2.35. The molecule has 9 heteroatoms. The van der Waals surface area contributed by atoms with Gasteiger partial charge in [-0.2, -0.15) is 0 Å². The van der Waals surface area contributed by atoms with Crippen molar-refractivity contribution in [3.05, 3.63) is 17.9 Å². The molecule has 1 aromatic heterocycles. The maximum absolute atomic E-state index is 12.3. The molecule has 1 aromatic rings. The fraction of sp³-hybridized carbons (Fsp3) is 0.500. The van der Waals surface area contributed by atoms with Crippen LogP contribution in [0.15, 0.2) is 21.8 Å². The predicted molar refractivity (Wildman–Crippen MR) is 71.3 cm³/mol. The molecule has 1 heterocycles. The highest BCUT2D eigenvalue weighted by molar-refractivity contribution is 7.88. The van der Waals surface area contributed by atoms with Crippen molar-refractivity contribution in [2.75, 3.05) is 20.6 Å². The number of rotatable bonds is 6. The summed E-state index contributed by atoms with van der Waals surface area (Å²) >= 11 is 0. The Morgan fingerprint density at radius 2 is 2.00 bits per heavy atom. The lowest BCUT2D eigenvalue weighted by Gasteiger charge is -2.19. The summed E-state index contributed by atoms with van der Waals surface area (Å²) in [4.78, 5) is 24.3. The smallest absolute Gasteiger partial charge is 0.323 e. The molecule has 0 unspecified atom stereocenters. The number of aliphatic carboxylic acids is 1. The largest absolute Gasteiger partial charge is 0.480 e. The van der Waals surface area contributed by atoms with Crippen LogP contribution in [-0.4, -0.2) is 61.3 Å². The van der Waals surface area contributed by atoms with E-state index in [1.54, 1.807) is 0 Å². The third-order valence-electron chi connectivity index (χ3n) is 3.11. The van der Waals surface area contributed by atoms with Crippen LogP contribution in [0.3, 0.4) is 0 Å². The molecule has 0 atom stereocenters. The zero-order chi connectivity index (χ0) is 15.8. The van der Waals surface area contributed by atoms with Crippen molar-refractivity contribution >= 4 is 21.9 Å². The van der Waals surface area contributed by atoms with E-state index in [1.165, 1.54) is 19.0 Å². The van der Waals surface area contributed by atoms with Gasteiger partial charge in [0.25, 0.3) is 15.9 Å². The van der Waals surface area contributed by atoms with E-state index in [1.807, 2.05) is 0 Å². The lowest BCUT2D eigenvalue weighted by molar-refractivity contribution is -0.137. The summed E-state index contributed by atoms with van der Waals surface area (Å²) in [5, 5.41) is 8.50. The second kappa shape index (κ2) is 5.49. The van der Waals surface area contributed by atoms with E-state index in [0.717, 1.165) is 29.5 Å². The van der Waals surface area contributed by atoms with E-state index in [9.17, 15) is 18.0 Å². The average Bonchev–Trinajstić information content (AvgIpc) is 3.10. The van der Waals surface area contributed by atoms with Crippen LogP contribution in [0.4, 0.5) is 0 Å². The molecule has 0 bridgehead atoms. The van der Waals surface area contributed by atoms with Crippen molar-refractivity contribution in [1.82, 2.24) is 9.21 Å². The molecule has 116 valence electrons. The van der Waals surface area contributed by atoms with Crippen molar-refractivity contribution in [1.29, 1.82) is 0 Å². The van der Waals surface area contributed by atoms with E-state index in [-0.39, 0.29) is 16.7 Å². The number of carbonyl (C=O) groups is 2. The van der Waals surface area contributed by atoms with Gasteiger partial charge in [0.05, 0.1) is 5.56 Å². The van der Waals surface area contributed by atoms with Crippen LogP contribution in [0.5, 0.6) is 0 Å². The molecular weight excluding hydrogens is 300 g/mol. The lowest BCUT2D eigenvalue weighted by atomic mass is 10.3. The molecule has 1 amide bonds. The highest BCUT2D eigenvalue weighted by Crippen LogP contribution is 2.29. The summed E-state index contributed by atoms with van der Waals surface area (Å²) in [6.07, 6.45) is 2.54. The van der Waals surface area contributed by atoms with Crippen LogP contribution in [0.25, 0.3) is 0 Å². The molecule has 0 aliphatic heterocycles. The predicted octanol–water partition coefficient (Wildman–Crippen LogP) is 0.219. The van der Waals surface area contributed by atoms with Gasteiger partial charge in [0.2, 0.25) is 5.09 Å². The summed E-state index contributed by atoms with van der Waals surface area (Å²) in [5.74, 6) is -1.65. The molecule has 1 saturated carbocycles. The van der Waals surface area contributed by atoms with Crippen molar-refractivity contribution in [2.24, 2.45) is 0 Å². The Kier molecular flexibility index (Phi) is 4.06. The number of sulfonamides is 1. The minimum Gasteiger partial charge on any atom is -0.480 e. The normalized spacial score (nSPS) is 15.2. The van der Waals surface area contributed by atoms with Crippen molar-refractivity contribution in [3.8, 4) is 0 Å². The Morgan fingerprint density at radius 1 is 1.38 bits per heavy atom. The first kappa shape index (κ1) is 15.5. The number of hydrogen-bond donors (Lipinski definition) is 1. The molecule has 1 aliphatic carbocycles. The molecule has 0 spiro atoms. The summed E-state index contributed by atoms with van der Waals surface area (Å²) < 4.78 is 29.7. The standard InChI is InChI=1S/C12H16N2O6S/c1-13(2)21(18,19)11-5-8(7-20-11)12(17)14(6-10(15)16)9-3-4-9/h5,7,9H,3-4,6H2,1-2H3,(H,15,16). The van der Waals surface area contributed by atoms with Gasteiger partial charge in [-0.1, -0.05) is 0 Å². The van der Waals surface area contributed by atoms with Gasteiger partial charge in [0.1, 0.15) is 12.8 Å². The van der Waals surface area contributed by atoms with E-state index < -0.39 is 28.4 Å². The molecular formula is C12H16N2O6S. The average molecular weight is 316 g/mol. The van der Waals surface area contributed by atoms with Crippen LogP contribution < -0.4 is 0 Å². The third kappa shape index (κ3) is 3.24. The van der Waals surface area contributed by atoms with Crippen molar-refractivity contribution < 1.29 is 27.5 Å². The molecule has 0 aromatic carbocycles. The van der Waals surface area contributed by atoms with E-state index in [2.05, 4.69) is 0 Å². The first-order valence-electron chi connectivity index (χ1n) is 6.27. The zero-order valence-corrected chi connectivity index (χ0v) is 12.5. The number of carbonyl (C=O) groups excluding carboxylic acids is 1. The van der Waals surface area contributed by atoms with Crippen LogP contribution in [0.1, 0.15) is 23.2 Å². The van der Waals surface area contributed by atoms with E-state index in [0.29, 0.717) is 0 Å². The zero-order valence-electron chi connectivity index (χ0n) is 11.6. The van der Waals surface area contributed by atoms with Gasteiger partial charge in [-0.3, -0.25) is 9.59 Å². The van der Waals surface area contributed by atoms with E-state index >= 15 is 0 Å². The fourth-order valence-electron chi connectivity index (χ4n) is 1.81. The van der Waals surface area contributed by atoms with Crippen LogP contribution in [0.2, 0.25) is 0 Å². The first-order chi connectivity index (χ1) is 9.73. The third-order valence-corrected chi connectivity index (χ3v) is 4.80. The Hall–Kier alpha value is -1.87. The second-order valence-corrected chi connectivity index (χ2v) is 7.08. The summed E-state index contributed by atoms with van der Waals surface area (Å²) in [7, 11) is -1.07. The summed E-state index contributed by atoms with van der Waals surface area (Å²) in [6, 6.07) is 1.02. The summed E-state index contributed by atoms with van der Waals surface area (Å²) in [6.45, 7) is -0.412. The van der Waals surface area contributed by atoms with Gasteiger partial charge in [0.15, 0.2) is 0 Å².